The molecule has 0 fully saturated rings. The molecule has 0 radical (unpaired) electrons. The van der Waals surface area contributed by atoms with Crippen molar-refractivity contribution < 1.29 is 9.53 Å². The molecule has 3 rings (SSSR count). The van der Waals surface area contributed by atoms with Crippen LogP contribution in [0, 0.1) is 0 Å². The van der Waals surface area contributed by atoms with Gasteiger partial charge < -0.3 is 4.74 Å². The Bertz CT molecular complexity index is 531. The summed E-state index contributed by atoms with van der Waals surface area (Å²) in [6.07, 6.45) is -0.474. The predicted molar refractivity (Wildman–Crippen MR) is 60.6 cm³/mol. The van der Waals surface area contributed by atoms with Crippen LogP contribution < -0.4 is 4.74 Å². The van der Waals surface area contributed by atoms with Gasteiger partial charge in [0.25, 0.3) is 0 Å². The number of para-hydroxylation sites is 1. The largest absolute Gasteiger partial charge is 0.477 e. The van der Waals surface area contributed by atoms with Crippen LogP contribution in [0.1, 0.15) is 22.0 Å². The number of hydrogen-bond acceptors (Lipinski definition) is 2. The van der Waals surface area contributed by atoms with E-state index in [1.54, 1.807) is 6.07 Å². The molecule has 1 aliphatic heterocycles. The zero-order chi connectivity index (χ0) is 11.0. The van der Waals surface area contributed by atoms with E-state index in [0.717, 1.165) is 5.56 Å². The lowest BCUT2D eigenvalue weighted by molar-refractivity contribution is 0.0858. The minimum Gasteiger partial charge on any atom is -0.477 e. The summed E-state index contributed by atoms with van der Waals surface area (Å²) in [5, 5.41) is 0. The Hall–Kier alpha value is -2.09. The van der Waals surface area contributed by atoms with Gasteiger partial charge in [0.1, 0.15) is 5.75 Å². The summed E-state index contributed by atoms with van der Waals surface area (Å²) < 4.78 is 5.66. The van der Waals surface area contributed by atoms with Crippen molar-refractivity contribution in [2.75, 3.05) is 0 Å². The number of Topliss-reactive ketones (excluding diaryl/α,β-unsaturated/α-hetero) is 1. The lowest BCUT2D eigenvalue weighted by Gasteiger charge is -2.08. The molecule has 0 saturated carbocycles. The molecule has 1 atom stereocenters. The van der Waals surface area contributed by atoms with Crippen LogP contribution in [0.3, 0.4) is 0 Å². The average molecular weight is 210 g/mol. The third kappa shape index (κ3) is 1.31. The van der Waals surface area contributed by atoms with Crippen LogP contribution in [0.15, 0.2) is 54.6 Å². The first-order valence-electron chi connectivity index (χ1n) is 5.21. The Kier molecular flexibility index (Phi) is 2.00. The van der Waals surface area contributed by atoms with Crippen LogP contribution in [-0.2, 0) is 0 Å². The summed E-state index contributed by atoms with van der Waals surface area (Å²) in [6.45, 7) is 0. The summed E-state index contributed by atoms with van der Waals surface area (Å²) in [7, 11) is 0. The van der Waals surface area contributed by atoms with Gasteiger partial charge in [-0.05, 0) is 12.1 Å². The van der Waals surface area contributed by atoms with Crippen molar-refractivity contribution >= 4 is 5.78 Å². The molecule has 1 heterocycles. The van der Waals surface area contributed by atoms with E-state index in [1.807, 2.05) is 48.5 Å². The molecule has 2 heteroatoms. The summed E-state index contributed by atoms with van der Waals surface area (Å²) in [5.74, 6) is 0.725. The van der Waals surface area contributed by atoms with E-state index in [9.17, 15) is 4.79 Å². The van der Waals surface area contributed by atoms with Crippen LogP contribution in [0.5, 0.6) is 5.75 Å². The maximum Gasteiger partial charge on any atom is 0.211 e. The topological polar surface area (TPSA) is 26.3 Å². The van der Waals surface area contributed by atoms with Crippen LogP contribution >= 0.6 is 0 Å². The molecule has 16 heavy (non-hydrogen) atoms. The lowest BCUT2D eigenvalue weighted by atomic mass is 10.0. The maximum absolute atomic E-state index is 12.1. The summed E-state index contributed by atoms with van der Waals surface area (Å²) in [5.41, 5.74) is 1.58. The highest BCUT2D eigenvalue weighted by molar-refractivity contribution is 6.04. The van der Waals surface area contributed by atoms with Crippen LogP contribution in [0.25, 0.3) is 0 Å². The van der Waals surface area contributed by atoms with E-state index >= 15 is 0 Å². The van der Waals surface area contributed by atoms with Gasteiger partial charge in [-0.2, -0.15) is 0 Å². The Morgan fingerprint density at radius 3 is 2.31 bits per heavy atom. The first-order chi connectivity index (χ1) is 7.86. The summed E-state index contributed by atoms with van der Waals surface area (Å²) >= 11 is 0. The zero-order valence-electron chi connectivity index (χ0n) is 8.59. The standard InChI is InChI=1S/C14H10O2/c15-13-11-8-4-5-9-12(11)16-14(13)10-6-2-1-3-7-10/h1-9,14H. The van der Waals surface area contributed by atoms with Gasteiger partial charge in [0.15, 0.2) is 6.10 Å². The minimum absolute atomic E-state index is 0.0433. The van der Waals surface area contributed by atoms with Gasteiger partial charge in [0, 0.05) is 5.56 Å². The second-order valence-electron chi connectivity index (χ2n) is 3.77. The Morgan fingerprint density at radius 1 is 0.875 bits per heavy atom. The van der Waals surface area contributed by atoms with Crippen molar-refractivity contribution in [3.8, 4) is 5.75 Å². The normalized spacial score (nSPS) is 18.0. The van der Waals surface area contributed by atoms with Gasteiger partial charge in [-0.1, -0.05) is 42.5 Å². The van der Waals surface area contributed by atoms with E-state index in [1.165, 1.54) is 0 Å². The van der Waals surface area contributed by atoms with Crippen molar-refractivity contribution in [2.24, 2.45) is 0 Å². The summed E-state index contributed by atoms with van der Waals surface area (Å²) in [4.78, 5) is 12.1. The molecule has 0 saturated heterocycles. The monoisotopic (exact) mass is 210 g/mol. The van der Waals surface area contributed by atoms with Gasteiger partial charge in [-0.15, -0.1) is 0 Å². The molecule has 0 aliphatic carbocycles. The van der Waals surface area contributed by atoms with E-state index in [-0.39, 0.29) is 5.78 Å². The Morgan fingerprint density at radius 2 is 1.56 bits per heavy atom. The van der Waals surface area contributed by atoms with Crippen molar-refractivity contribution in [3.63, 3.8) is 0 Å². The van der Waals surface area contributed by atoms with Gasteiger partial charge in [0.05, 0.1) is 5.56 Å². The number of ether oxygens (including phenoxy) is 1. The van der Waals surface area contributed by atoms with Crippen LogP contribution in [0.4, 0.5) is 0 Å². The molecule has 0 N–H and O–H groups in total. The predicted octanol–water partition coefficient (Wildman–Crippen LogP) is 3.00. The van der Waals surface area contributed by atoms with Crippen molar-refractivity contribution in [3.05, 3.63) is 65.7 Å². The highest BCUT2D eigenvalue weighted by atomic mass is 16.5. The molecule has 1 unspecified atom stereocenters. The number of hydrogen-bond donors (Lipinski definition) is 0. The maximum atomic E-state index is 12.1. The number of carbonyl (C=O) groups is 1. The van der Waals surface area contributed by atoms with Gasteiger partial charge in [-0.25, -0.2) is 0 Å². The molecule has 2 nitrogen and oxygen atoms in total. The Balaban J connectivity index is 2.02. The number of benzene rings is 2. The molecule has 1 aliphatic rings. The van der Waals surface area contributed by atoms with Gasteiger partial charge in [0.2, 0.25) is 5.78 Å². The van der Waals surface area contributed by atoms with E-state index in [4.69, 9.17) is 4.74 Å². The quantitative estimate of drug-likeness (QED) is 0.723. The fourth-order valence-corrected chi connectivity index (χ4v) is 1.94. The second kappa shape index (κ2) is 3.49. The SMILES string of the molecule is O=C1c2ccccc2OC1c1ccccc1. The van der Waals surface area contributed by atoms with Crippen molar-refractivity contribution in [1.29, 1.82) is 0 Å². The van der Waals surface area contributed by atoms with Gasteiger partial charge >= 0.3 is 0 Å². The van der Waals surface area contributed by atoms with Crippen LogP contribution in [0.2, 0.25) is 0 Å². The first-order valence-corrected chi connectivity index (χ1v) is 5.21. The molecule has 2 aromatic carbocycles. The van der Waals surface area contributed by atoms with Crippen molar-refractivity contribution in [1.82, 2.24) is 0 Å². The van der Waals surface area contributed by atoms with E-state index in [0.29, 0.717) is 11.3 Å². The highest BCUT2D eigenvalue weighted by Crippen LogP contribution is 2.35. The molecule has 2 aromatic rings. The molecule has 0 amide bonds. The van der Waals surface area contributed by atoms with E-state index in [2.05, 4.69) is 0 Å². The number of rotatable bonds is 1. The first kappa shape index (κ1) is 9.16. The highest BCUT2D eigenvalue weighted by Gasteiger charge is 2.32. The molecule has 0 aromatic heterocycles. The minimum atomic E-state index is -0.474. The second-order valence-corrected chi connectivity index (χ2v) is 3.77. The third-order valence-electron chi connectivity index (χ3n) is 2.74. The zero-order valence-corrected chi connectivity index (χ0v) is 8.59. The molecule has 0 bridgehead atoms. The lowest BCUT2D eigenvalue weighted by Crippen LogP contribution is -2.10. The number of carbonyl (C=O) groups excluding carboxylic acids is 1. The molecule has 78 valence electrons. The molecular weight excluding hydrogens is 200 g/mol. The number of ketones is 1. The third-order valence-corrected chi connectivity index (χ3v) is 2.74. The van der Waals surface area contributed by atoms with Gasteiger partial charge in [-0.3, -0.25) is 4.79 Å². The van der Waals surface area contributed by atoms with Crippen molar-refractivity contribution in [2.45, 2.75) is 6.10 Å². The fourth-order valence-electron chi connectivity index (χ4n) is 1.94. The summed E-state index contributed by atoms with van der Waals surface area (Å²) in [6, 6.07) is 16.9. The molecular formula is C14H10O2. The number of fused-ring (bicyclic) bond motifs is 1. The smallest absolute Gasteiger partial charge is 0.211 e. The van der Waals surface area contributed by atoms with Crippen LogP contribution in [-0.4, -0.2) is 5.78 Å². The Labute approximate surface area is 93.5 Å². The fraction of sp³-hybridized carbons (Fsp3) is 0.0714. The average Bonchev–Trinajstić information content (AvgIpc) is 2.69. The van der Waals surface area contributed by atoms with E-state index < -0.39 is 6.10 Å². The molecule has 0 spiro atoms.